The zero-order chi connectivity index (χ0) is 19.4. The highest BCUT2D eigenvalue weighted by molar-refractivity contribution is 6.30. The minimum atomic E-state index is -0.553. The van der Waals surface area contributed by atoms with Gasteiger partial charge < -0.3 is 14.8 Å². The van der Waals surface area contributed by atoms with Crippen LogP contribution in [0, 0.1) is 5.82 Å². The summed E-state index contributed by atoms with van der Waals surface area (Å²) in [7, 11) is 3.24. The topological polar surface area (TPSA) is 50.8 Å². The summed E-state index contributed by atoms with van der Waals surface area (Å²) in [5.74, 6) is 0.676. The van der Waals surface area contributed by atoms with Crippen molar-refractivity contribution < 1.29 is 18.7 Å². The van der Waals surface area contributed by atoms with E-state index in [-0.39, 0.29) is 29.2 Å². The van der Waals surface area contributed by atoms with Gasteiger partial charge in [-0.1, -0.05) is 11.6 Å². The van der Waals surface area contributed by atoms with E-state index in [1.54, 1.807) is 20.3 Å². The van der Waals surface area contributed by atoms with Gasteiger partial charge in [0, 0.05) is 16.6 Å². The Morgan fingerprint density at radius 3 is 2.78 bits per heavy atom. The molecule has 0 unspecified atom stereocenters. The largest absolute Gasteiger partial charge is 0.497 e. The molecule has 0 saturated carbocycles. The van der Waals surface area contributed by atoms with Gasteiger partial charge in [0.25, 0.3) is 0 Å². The highest BCUT2D eigenvalue weighted by atomic mass is 35.5. The Balaban J connectivity index is 1.74. The number of rotatable bonds is 6. The minimum absolute atomic E-state index is 0.0378. The Labute approximate surface area is 163 Å². The van der Waals surface area contributed by atoms with E-state index in [0.29, 0.717) is 0 Å². The number of benzene rings is 2. The van der Waals surface area contributed by atoms with Crippen LogP contribution in [0.2, 0.25) is 5.02 Å². The maximum absolute atomic E-state index is 13.9. The van der Waals surface area contributed by atoms with Crippen molar-refractivity contribution in [1.29, 1.82) is 0 Å². The van der Waals surface area contributed by atoms with Crippen molar-refractivity contribution >= 4 is 23.2 Å². The standard InChI is InChI=1S/C20H22ClFN2O3/c1-26-14-6-8-19(27-2)15(11-14)18-4-3-9-24(18)12-20(25)23-17-7-5-13(21)10-16(17)22/h5-8,10-11,18H,3-4,9,12H2,1-2H3,(H,23,25)/t18-/m1/s1. The number of nitrogens with zero attached hydrogens (tertiary/aromatic N) is 1. The van der Waals surface area contributed by atoms with Crippen molar-refractivity contribution in [2.24, 2.45) is 0 Å². The molecule has 7 heteroatoms. The van der Waals surface area contributed by atoms with Crippen molar-refractivity contribution in [2.45, 2.75) is 18.9 Å². The van der Waals surface area contributed by atoms with Gasteiger partial charge in [0.05, 0.1) is 26.5 Å². The van der Waals surface area contributed by atoms with Crippen LogP contribution < -0.4 is 14.8 Å². The number of hydrogen-bond donors (Lipinski definition) is 1. The zero-order valence-corrected chi connectivity index (χ0v) is 16.1. The molecule has 1 amide bonds. The third-order valence-corrected chi connectivity index (χ3v) is 4.95. The zero-order valence-electron chi connectivity index (χ0n) is 15.3. The molecule has 1 saturated heterocycles. The van der Waals surface area contributed by atoms with Crippen LogP contribution in [0.3, 0.4) is 0 Å². The molecule has 27 heavy (non-hydrogen) atoms. The Hall–Kier alpha value is -2.31. The third kappa shape index (κ3) is 4.51. The lowest BCUT2D eigenvalue weighted by molar-refractivity contribution is -0.117. The molecule has 1 heterocycles. The maximum Gasteiger partial charge on any atom is 0.238 e. The van der Waals surface area contributed by atoms with Crippen LogP contribution >= 0.6 is 11.6 Å². The highest BCUT2D eigenvalue weighted by Gasteiger charge is 2.30. The number of halogens is 2. The molecule has 0 bridgehead atoms. The molecule has 1 fully saturated rings. The first-order valence-electron chi connectivity index (χ1n) is 8.72. The number of hydrogen-bond acceptors (Lipinski definition) is 4. The Bertz CT molecular complexity index is 831. The summed E-state index contributed by atoms with van der Waals surface area (Å²) in [5, 5.41) is 2.90. The second-order valence-corrected chi connectivity index (χ2v) is 6.85. The number of ether oxygens (including phenoxy) is 2. The molecule has 1 atom stereocenters. The second-order valence-electron chi connectivity index (χ2n) is 6.41. The van der Waals surface area contributed by atoms with Gasteiger partial charge in [-0.2, -0.15) is 0 Å². The number of nitrogens with one attached hydrogen (secondary N) is 1. The van der Waals surface area contributed by atoms with Gasteiger partial charge in [0.15, 0.2) is 0 Å². The lowest BCUT2D eigenvalue weighted by atomic mass is 10.0. The summed E-state index contributed by atoms with van der Waals surface area (Å²) in [6.45, 7) is 0.939. The summed E-state index contributed by atoms with van der Waals surface area (Å²) >= 11 is 5.75. The number of carbonyl (C=O) groups excluding carboxylic acids is 1. The molecule has 2 aromatic rings. The fourth-order valence-corrected chi connectivity index (χ4v) is 3.59. The van der Waals surface area contributed by atoms with E-state index in [4.69, 9.17) is 21.1 Å². The quantitative estimate of drug-likeness (QED) is 0.797. The first-order valence-corrected chi connectivity index (χ1v) is 9.10. The fraction of sp³-hybridized carbons (Fsp3) is 0.350. The fourth-order valence-electron chi connectivity index (χ4n) is 3.43. The third-order valence-electron chi connectivity index (χ3n) is 4.71. The summed E-state index contributed by atoms with van der Waals surface area (Å²) in [6, 6.07) is 9.87. The van der Waals surface area contributed by atoms with E-state index >= 15 is 0 Å². The smallest absolute Gasteiger partial charge is 0.238 e. The monoisotopic (exact) mass is 392 g/mol. The van der Waals surface area contributed by atoms with Crippen LogP contribution in [0.15, 0.2) is 36.4 Å². The molecule has 0 spiro atoms. The number of carbonyl (C=O) groups is 1. The molecule has 0 aliphatic carbocycles. The van der Waals surface area contributed by atoms with Crippen molar-refractivity contribution in [3.63, 3.8) is 0 Å². The highest BCUT2D eigenvalue weighted by Crippen LogP contribution is 2.38. The van der Waals surface area contributed by atoms with Gasteiger partial charge in [0.2, 0.25) is 5.91 Å². The molecule has 3 rings (SSSR count). The van der Waals surface area contributed by atoms with Crippen molar-refractivity contribution in [3.05, 3.63) is 52.8 Å². The molecular formula is C20H22ClFN2O3. The first kappa shape index (κ1) is 19.5. The van der Waals surface area contributed by atoms with Crippen LogP contribution in [0.1, 0.15) is 24.4 Å². The number of anilines is 1. The molecule has 1 aliphatic rings. The lowest BCUT2D eigenvalue weighted by Crippen LogP contribution is -2.33. The van der Waals surface area contributed by atoms with Crippen LogP contribution in [0.25, 0.3) is 0 Å². The van der Waals surface area contributed by atoms with Gasteiger partial charge in [-0.15, -0.1) is 0 Å². The summed E-state index contributed by atoms with van der Waals surface area (Å²) < 4.78 is 24.7. The van der Waals surface area contributed by atoms with Gasteiger partial charge in [0.1, 0.15) is 17.3 Å². The predicted molar refractivity (Wildman–Crippen MR) is 103 cm³/mol. The van der Waals surface area contributed by atoms with E-state index in [2.05, 4.69) is 10.2 Å². The van der Waals surface area contributed by atoms with Gasteiger partial charge in [-0.3, -0.25) is 9.69 Å². The van der Waals surface area contributed by atoms with Gasteiger partial charge in [-0.25, -0.2) is 4.39 Å². The van der Waals surface area contributed by atoms with Crippen LogP contribution in [0.4, 0.5) is 10.1 Å². The molecule has 1 aliphatic heterocycles. The van der Waals surface area contributed by atoms with Crippen LogP contribution in [0.5, 0.6) is 11.5 Å². The van der Waals surface area contributed by atoms with E-state index in [9.17, 15) is 9.18 Å². The molecule has 5 nitrogen and oxygen atoms in total. The molecule has 0 aromatic heterocycles. The second kappa shape index (κ2) is 8.59. The normalized spacial score (nSPS) is 17.0. The summed E-state index contributed by atoms with van der Waals surface area (Å²) in [4.78, 5) is 14.5. The van der Waals surface area contributed by atoms with E-state index in [1.165, 1.54) is 12.1 Å². The van der Waals surface area contributed by atoms with E-state index < -0.39 is 5.82 Å². The number of methoxy groups -OCH3 is 2. The van der Waals surface area contributed by atoms with Crippen molar-refractivity contribution in [2.75, 3.05) is 32.6 Å². The molecule has 144 valence electrons. The first-order chi connectivity index (χ1) is 13.0. The van der Waals surface area contributed by atoms with Crippen molar-refractivity contribution in [1.82, 2.24) is 4.90 Å². The average Bonchev–Trinajstić information content (AvgIpc) is 3.11. The molecular weight excluding hydrogens is 371 g/mol. The van der Waals surface area contributed by atoms with Crippen LogP contribution in [-0.2, 0) is 4.79 Å². The molecule has 1 N–H and O–H groups in total. The maximum atomic E-state index is 13.9. The SMILES string of the molecule is COc1ccc(OC)c([C@H]2CCCN2CC(=O)Nc2ccc(Cl)cc2F)c1. The minimum Gasteiger partial charge on any atom is -0.497 e. The number of likely N-dealkylation sites (tertiary alicyclic amines) is 1. The van der Waals surface area contributed by atoms with Gasteiger partial charge >= 0.3 is 0 Å². The molecule has 0 radical (unpaired) electrons. The lowest BCUT2D eigenvalue weighted by Gasteiger charge is -2.26. The van der Waals surface area contributed by atoms with Gasteiger partial charge in [-0.05, 0) is 55.8 Å². The summed E-state index contributed by atoms with van der Waals surface area (Å²) in [6.07, 6.45) is 1.87. The van der Waals surface area contributed by atoms with Crippen LogP contribution in [-0.4, -0.2) is 38.1 Å². The average molecular weight is 393 g/mol. The Morgan fingerprint density at radius 2 is 2.07 bits per heavy atom. The Kier molecular flexibility index (Phi) is 6.19. The van der Waals surface area contributed by atoms with E-state index in [0.717, 1.165) is 36.4 Å². The number of amides is 1. The Morgan fingerprint density at radius 1 is 1.26 bits per heavy atom. The van der Waals surface area contributed by atoms with E-state index in [1.807, 2.05) is 18.2 Å². The summed E-state index contributed by atoms with van der Waals surface area (Å²) in [5.41, 5.74) is 1.11. The molecule has 2 aromatic carbocycles. The van der Waals surface area contributed by atoms with Crippen molar-refractivity contribution in [3.8, 4) is 11.5 Å². The predicted octanol–water partition coefficient (Wildman–Crippen LogP) is 4.27.